The average Bonchev–Trinajstić information content (AvgIpc) is 2.78. The molecule has 2 aromatic heterocycles. The number of hydrogen-bond donors (Lipinski definition) is 0. The van der Waals surface area contributed by atoms with Crippen LogP contribution in [0.5, 0.6) is 0 Å². The van der Waals surface area contributed by atoms with Crippen molar-refractivity contribution in [1.82, 2.24) is 14.8 Å². The molecular formula is C10H10ClN3OS. The van der Waals surface area contributed by atoms with Crippen LogP contribution >= 0.6 is 11.6 Å². The Kier molecular flexibility index (Phi) is 3.36. The maximum atomic E-state index is 11.5. The van der Waals surface area contributed by atoms with Crippen LogP contribution in [0.3, 0.4) is 0 Å². The second kappa shape index (κ2) is 4.76. The van der Waals surface area contributed by atoms with Crippen molar-refractivity contribution in [2.75, 3.05) is 5.75 Å². The lowest BCUT2D eigenvalue weighted by molar-refractivity contribution is 0.678. The number of nitrogens with zero attached hydrogens (tertiary/aromatic N) is 3. The van der Waals surface area contributed by atoms with Gasteiger partial charge in [-0.05, 0) is 18.2 Å². The standard InChI is InChI=1S/C10H10ClN3OS/c1-2-16(15)9-5-7-14(13-9)10-8(11)4-3-6-12-10/h3-7H,2H2,1H3. The van der Waals surface area contributed by atoms with Crippen LogP contribution in [0.25, 0.3) is 5.82 Å². The molecule has 0 aliphatic rings. The molecule has 0 spiro atoms. The Morgan fingerprint density at radius 3 is 3.00 bits per heavy atom. The Balaban J connectivity index is 2.39. The van der Waals surface area contributed by atoms with Crippen molar-refractivity contribution in [3.05, 3.63) is 35.6 Å². The SMILES string of the molecule is CCS(=O)c1ccn(-c2ncccc2Cl)n1. The zero-order valence-electron chi connectivity index (χ0n) is 8.63. The van der Waals surface area contributed by atoms with E-state index in [1.807, 2.05) is 6.92 Å². The fourth-order valence-electron chi connectivity index (χ4n) is 1.24. The van der Waals surface area contributed by atoms with Gasteiger partial charge in [-0.3, -0.25) is 4.21 Å². The van der Waals surface area contributed by atoms with E-state index in [0.717, 1.165) is 0 Å². The highest BCUT2D eigenvalue weighted by Crippen LogP contribution is 2.16. The number of aromatic nitrogens is 3. The first-order chi connectivity index (χ1) is 7.72. The molecule has 0 bridgehead atoms. The summed E-state index contributed by atoms with van der Waals surface area (Å²) in [6.45, 7) is 1.85. The molecule has 2 aromatic rings. The van der Waals surface area contributed by atoms with Gasteiger partial charge >= 0.3 is 0 Å². The molecule has 6 heteroatoms. The Hall–Kier alpha value is -1.20. The van der Waals surface area contributed by atoms with Crippen LogP contribution in [-0.4, -0.2) is 24.7 Å². The van der Waals surface area contributed by atoms with Crippen molar-refractivity contribution in [2.45, 2.75) is 11.9 Å². The first-order valence-electron chi connectivity index (χ1n) is 4.77. The Morgan fingerprint density at radius 2 is 2.31 bits per heavy atom. The lowest BCUT2D eigenvalue weighted by Crippen LogP contribution is -2.01. The van der Waals surface area contributed by atoms with E-state index in [4.69, 9.17) is 11.6 Å². The summed E-state index contributed by atoms with van der Waals surface area (Å²) in [6.07, 6.45) is 3.34. The van der Waals surface area contributed by atoms with Crippen molar-refractivity contribution in [3.63, 3.8) is 0 Å². The molecule has 1 unspecified atom stereocenters. The molecule has 0 amide bonds. The monoisotopic (exact) mass is 255 g/mol. The summed E-state index contributed by atoms with van der Waals surface area (Å²) in [6, 6.07) is 5.20. The fourth-order valence-corrected chi connectivity index (χ4v) is 2.14. The molecule has 4 nitrogen and oxygen atoms in total. The molecular weight excluding hydrogens is 246 g/mol. The van der Waals surface area contributed by atoms with Crippen LogP contribution in [-0.2, 0) is 10.8 Å². The third-order valence-corrected chi connectivity index (χ3v) is 3.52. The summed E-state index contributed by atoms with van der Waals surface area (Å²) in [5, 5.41) is 5.24. The van der Waals surface area contributed by atoms with Gasteiger partial charge in [0.2, 0.25) is 0 Å². The molecule has 0 fully saturated rings. The van der Waals surface area contributed by atoms with Gasteiger partial charge in [0, 0.05) is 18.1 Å². The summed E-state index contributed by atoms with van der Waals surface area (Å²) in [5.41, 5.74) is 0. The average molecular weight is 256 g/mol. The number of rotatable bonds is 3. The van der Waals surface area contributed by atoms with Gasteiger partial charge in [-0.25, -0.2) is 9.67 Å². The van der Waals surface area contributed by atoms with Gasteiger partial charge in [-0.2, -0.15) is 5.10 Å². The van der Waals surface area contributed by atoms with E-state index in [0.29, 0.717) is 21.6 Å². The zero-order chi connectivity index (χ0) is 11.5. The lowest BCUT2D eigenvalue weighted by Gasteiger charge is -2.01. The van der Waals surface area contributed by atoms with Crippen molar-refractivity contribution in [2.24, 2.45) is 0 Å². The number of pyridine rings is 1. The molecule has 0 aromatic carbocycles. The summed E-state index contributed by atoms with van der Waals surface area (Å²) in [4.78, 5) is 4.12. The minimum absolute atomic E-state index is 0.513. The first-order valence-corrected chi connectivity index (χ1v) is 6.47. The highest BCUT2D eigenvalue weighted by molar-refractivity contribution is 7.84. The van der Waals surface area contributed by atoms with Crippen LogP contribution in [0, 0.1) is 0 Å². The maximum Gasteiger partial charge on any atom is 0.172 e. The molecule has 0 aliphatic heterocycles. The van der Waals surface area contributed by atoms with Crippen LogP contribution in [0.4, 0.5) is 0 Å². The molecule has 2 rings (SSSR count). The Morgan fingerprint density at radius 1 is 1.50 bits per heavy atom. The molecule has 2 heterocycles. The van der Waals surface area contributed by atoms with E-state index in [1.165, 1.54) is 4.68 Å². The van der Waals surface area contributed by atoms with Gasteiger partial charge in [-0.15, -0.1) is 0 Å². The Labute approximate surface area is 101 Å². The van der Waals surface area contributed by atoms with Gasteiger partial charge in [0.1, 0.15) is 5.03 Å². The van der Waals surface area contributed by atoms with Gasteiger partial charge in [-0.1, -0.05) is 18.5 Å². The second-order valence-corrected chi connectivity index (χ2v) is 5.14. The highest BCUT2D eigenvalue weighted by Gasteiger charge is 2.09. The van der Waals surface area contributed by atoms with E-state index < -0.39 is 10.8 Å². The van der Waals surface area contributed by atoms with Gasteiger partial charge in [0.25, 0.3) is 0 Å². The summed E-state index contributed by atoms with van der Waals surface area (Å²) in [5.74, 6) is 1.09. The molecule has 0 saturated heterocycles. The predicted octanol–water partition coefficient (Wildman–Crippen LogP) is 2.05. The number of hydrogen-bond acceptors (Lipinski definition) is 3. The number of halogens is 1. The van der Waals surface area contributed by atoms with Crippen molar-refractivity contribution in [1.29, 1.82) is 0 Å². The largest absolute Gasteiger partial charge is 0.253 e. The Bertz CT molecular complexity index is 526. The minimum atomic E-state index is -1.05. The highest BCUT2D eigenvalue weighted by atomic mass is 35.5. The van der Waals surface area contributed by atoms with Crippen LogP contribution in [0.2, 0.25) is 5.02 Å². The smallest absolute Gasteiger partial charge is 0.172 e. The summed E-state index contributed by atoms with van der Waals surface area (Å²) < 4.78 is 13.1. The molecule has 1 atom stereocenters. The molecule has 0 saturated carbocycles. The zero-order valence-corrected chi connectivity index (χ0v) is 10.2. The van der Waals surface area contributed by atoms with E-state index in [9.17, 15) is 4.21 Å². The second-order valence-electron chi connectivity index (χ2n) is 3.04. The maximum absolute atomic E-state index is 11.5. The van der Waals surface area contributed by atoms with Crippen molar-refractivity contribution >= 4 is 22.4 Å². The summed E-state index contributed by atoms with van der Waals surface area (Å²) in [7, 11) is -1.05. The van der Waals surface area contributed by atoms with Gasteiger partial charge in [0.15, 0.2) is 5.82 Å². The van der Waals surface area contributed by atoms with E-state index in [2.05, 4.69) is 10.1 Å². The molecule has 84 valence electrons. The van der Waals surface area contributed by atoms with Crippen LogP contribution in [0.15, 0.2) is 35.6 Å². The lowest BCUT2D eigenvalue weighted by atomic mass is 10.4. The van der Waals surface area contributed by atoms with Crippen molar-refractivity contribution in [3.8, 4) is 5.82 Å². The fraction of sp³-hybridized carbons (Fsp3) is 0.200. The van der Waals surface area contributed by atoms with Crippen molar-refractivity contribution < 1.29 is 4.21 Å². The third-order valence-electron chi connectivity index (χ3n) is 2.02. The normalized spacial score (nSPS) is 12.6. The van der Waals surface area contributed by atoms with E-state index in [1.54, 1.807) is 30.6 Å². The topological polar surface area (TPSA) is 47.8 Å². The summed E-state index contributed by atoms with van der Waals surface area (Å²) >= 11 is 5.98. The van der Waals surface area contributed by atoms with Gasteiger partial charge in [0.05, 0.1) is 15.8 Å². The predicted molar refractivity (Wildman–Crippen MR) is 63.3 cm³/mol. The van der Waals surface area contributed by atoms with Gasteiger partial charge < -0.3 is 0 Å². The molecule has 0 radical (unpaired) electrons. The quantitative estimate of drug-likeness (QED) is 0.843. The molecule has 16 heavy (non-hydrogen) atoms. The van der Waals surface area contributed by atoms with Crippen LogP contribution in [0.1, 0.15) is 6.92 Å². The first kappa shape index (κ1) is 11.3. The third kappa shape index (κ3) is 2.15. The molecule has 0 aliphatic carbocycles. The molecule has 0 N–H and O–H groups in total. The van der Waals surface area contributed by atoms with E-state index in [-0.39, 0.29) is 0 Å². The van der Waals surface area contributed by atoms with Crippen LogP contribution < -0.4 is 0 Å². The minimum Gasteiger partial charge on any atom is -0.253 e. The van der Waals surface area contributed by atoms with E-state index >= 15 is 0 Å².